The van der Waals surface area contributed by atoms with Crippen LogP contribution in [0, 0.1) is 5.92 Å². The molecule has 2 aliphatic heterocycles. The van der Waals surface area contributed by atoms with Crippen molar-refractivity contribution in [1.29, 1.82) is 0 Å². The minimum atomic E-state index is -0.124. The first-order valence-electron chi connectivity index (χ1n) is 12.9. The van der Waals surface area contributed by atoms with E-state index in [4.69, 9.17) is 11.6 Å². The molecular weight excluding hydrogens is 436 g/mol. The van der Waals surface area contributed by atoms with E-state index in [0.29, 0.717) is 30.2 Å². The maximum absolute atomic E-state index is 12.8. The third-order valence-corrected chi connectivity index (χ3v) is 7.83. The molecule has 3 fully saturated rings. The summed E-state index contributed by atoms with van der Waals surface area (Å²) in [6.45, 7) is 7.61. The van der Waals surface area contributed by atoms with Gasteiger partial charge in [0.25, 0.3) is 5.91 Å². The van der Waals surface area contributed by atoms with Crippen molar-refractivity contribution < 1.29 is 9.59 Å². The Hall–Kier alpha value is -1.63. The van der Waals surface area contributed by atoms with Gasteiger partial charge in [-0.1, -0.05) is 36.9 Å². The van der Waals surface area contributed by atoms with Gasteiger partial charge in [0.1, 0.15) is 0 Å². The van der Waals surface area contributed by atoms with Crippen LogP contribution < -0.4 is 5.32 Å². The van der Waals surface area contributed by atoms with Crippen LogP contribution in [0.25, 0.3) is 0 Å². The van der Waals surface area contributed by atoms with Crippen molar-refractivity contribution in [2.24, 2.45) is 5.92 Å². The van der Waals surface area contributed by atoms with E-state index in [9.17, 15) is 9.59 Å². The van der Waals surface area contributed by atoms with Gasteiger partial charge >= 0.3 is 0 Å². The lowest BCUT2D eigenvalue weighted by Gasteiger charge is -2.40. The summed E-state index contributed by atoms with van der Waals surface area (Å²) in [6, 6.07) is 7.86. The molecular formula is C26H39ClN4O2. The van der Waals surface area contributed by atoms with Gasteiger partial charge in [-0.05, 0) is 56.8 Å². The molecule has 182 valence electrons. The number of likely N-dealkylation sites (tertiary alicyclic amines) is 1. The van der Waals surface area contributed by atoms with E-state index >= 15 is 0 Å². The molecule has 2 saturated heterocycles. The normalized spacial score (nSPS) is 23.4. The van der Waals surface area contributed by atoms with Gasteiger partial charge in [-0.2, -0.15) is 0 Å². The molecule has 0 spiro atoms. The Kier molecular flexibility index (Phi) is 9.04. The fraction of sp³-hybridized carbons (Fsp3) is 0.692. The van der Waals surface area contributed by atoms with Crippen LogP contribution >= 0.6 is 11.6 Å². The van der Waals surface area contributed by atoms with Crippen molar-refractivity contribution in [2.75, 3.05) is 52.4 Å². The summed E-state index contributed by atoms with van der Waals surface area (Å²) in [6.07, 6.45) is 9.66. The van der Waals surface area contributed by atoms with Crippen LogP contribution in [0.2, 0.25) is 5.02 Å². The molecule has 0 unspecified atom stereocenters. The summed E-state index contributed by atoms with van der Waals surface area (Å²) >= 11 is 6.04. The van der Waals surface area contributed by atoms with E-state index in [-0.39, 0.29) is 17.7 Å². The average Bonchev–Trinajstić information content (AvgIpc) is 2.87. The van der Waals surface area contributed by atoms with Crippen LogP contribution in [0.1, 0.15) is 61.7 Å². The van der Waals surface area contributed by atoms with Crippen molar-refractivity contribution in [2.45, 2.75) is 57.4 Å². The van der Waals surface area contributed by atoms with Crippen molar-refractivity contribution in [3.8, 4) is 0 Å². The van der Waals surface area contributed by atoms with E-state index in [1.807, 2.05) is 0 Å². The molecule has 4 rings (SSSR count). The van der Waals surface area contributed by atoms with Crippen LogP contribution in [0.5, 0.6) is 0 Å². The van der Waals surface area contributed by atoms with Gasteiger partial charge < -0.3 is 15.1 Å². The molecule has 2 amide bonds. The second kappa shape index (κ2) is 12.2. The summed E-state index contributed by atoms with van der Waals surface area (Å²) in [4.78, 5) is 32.6. The summed E-state index contributed by atoms with van der Waals surface area (Å²) in [5.74, 6) is -0.0796. The second-order valence-corrected chi connectivity index (χ2v) is 10.4. The SMILES string of the molecule is O=C(NCCCN1CCN(C2CCCCC2)CC1)[C@H]1CCCN(C(=O)c2cccc(Cl)c2)C1. The lowest BCUT2D eigenvalue weighted by molar-refractivity contribution is -0.126. The zero-order valence-corrected chi connectivity index (χ0v) is 20.6. The van der Waals surface area contributed by atoms with E-state index in [1.165, 1.54) is 45.2 Å². The molecule has 0 radical (unpaired) electrons. The molecule has 6 nitrogen and oxygen atoms in total. The van der Waals surface area contributed by atoms with E-state index in [1.54, 1.807) is 29.2 Å². The predicted molar refractivity (Wildman–Crippen MR) is 133 cm³/mol. The number of hydrogen-bond acceptors (Lipinski definition) is 4. The predicted octanol–water partition coefficient (Wildman–Crippen LogP) is 3.65. The first-order valence-corrected chi connectivity index (χ1v) is 13.3. The van der Waals surface area contributed by atoms with Crippen LogP contribution in [-0.2, 0) is 4.79 Å². The molecule has 2 heterocycles. The lowest BCUT2D eigenvalue weighted by Crippen LogP contribution is -2.51. The standard InChI is InChI=1S/C26H39ClN4O2/c27-23-9-4-7-21(19-23)26(33)31-14-5-8-22(20-31)25(32)28-12-6-13-29-15-17-30(18-16-29)24-10-2-1-3-11-24/h4,7,9,19,22,24H,1-3,5-6,8,10-18,20H2,(H,28,32)/t22-/m0/s1. The van der Waals surface area contributed by atoms with Gasteiger partial charge in [0.05, 0.1) is 5.92 Å². The van der Waals surface area contributed by atoms with Gasteiger partial charge in [-0.25, -0.2) is 0 Å². The van der Waals surface area contributed by atoms with Gasteiger partial charge in [0.2, 0.25) is 5.91 Å². The molecule has 1 aromatic rings. The smallest absolute Gasteiger partial charge is 0.253 e. The number of benzene rings is 1. The van der Waals surface area contributed by atoms with Gasteiger partial charge in [0.15, 0.2) is 0 Å². The summed E-state index contributed by atoms with van der Waals surface area (Å²) < 4.78 is 0. The highest BCUT2D eigenvalue weighted by Crippen LogP contribution is 2.24. The number of piperazine rings is 1. The Morgan fingerprint density at radius 3 is 2.52 bits per heavy atom. The molecule has 1 saturated carbocycles. The number of piperidine rings is 1. The van der Waals surface area contributed by atoms with Crippen LogP contribution in [0.4, 0.5) is 0 Å². The Morgan fingerprint density at radius 1 is 0.970 bits per heavy atom. The highest BCUT2D eigenvalue weighted by atomic mass is 35.5. The largest absolute Gasteiger partial charge is 0.356 e. The zero-order chi connectivity index (χ0) is 23.0. The molecule has 1 aromatic carbocycles. The second-order valence-electron chi connectivity index (χ2n) is 9.91. The average molecular weight is 475 g/mol. The summed E-state index contributed by atoms with van der Waals surface area (Å²) in [7, 11) is 0. The Balaban J connectivity index is 1.13. The molecule has 3 aliphatic rings. The maximum atomic E-state index is 12.8. The number of rotatable bonds is 7. The van der Waals surface area contributed by atoms with Crippen molar-refractivity contribution >= 4 is 23.4 Å². The third kappa shape index (κ3) is 6.93. The van der Waals surface area contributed by atoms with Gasteiger partial charge in [-0.3, -0.25) is 14.5 Å². The minimum Gasteiger partial charge on any atom is -0.356 e. The molecule has 1 N–H and O–H groups in total. The van der Waals surface area contributed by atoms with Gasteiger partial charge in [0, 0.05) is 62.4 Å². The number of amides is 2. The van der Waals surface area contributed by atoms with Crippen LogP contribution in [0.15, 0.2) is 24.3 Å². The van der Waals surface area contributed by atoms with Crippen molar-refractivity contribution in [3.63, 3.8) is 0 Å². The minimum absolute atomic E-state index is 0.0395. The summed E-state index contributed by atoms with van der Waals surface area (Å²) in [5.41, 5.74) is 0.590. The molecule has 1 atom stereocenters. The highest BCUT2D eigenvalue weighted by Gasteiger charge is 2.29. The molecule has 1 aliphatic carbocycles. The van der Waals surface area contributed by atoms with Crippen molar-refractivity contribution in [1.82, 2.24) is 20.0 Å². The quantitative estimate of drug-likeness (QED) is 0.613. The van der Waals surface area contributed by atoms with E-state index < -0.39 is 0 Å². The topological polar surface area (TPSA) is 55.9 Å². The highest BCUT2D eigenvalue weighted by molar-refractivity contribution is 6.30. The van der Waals surface area contributed by atoms with Gasteiger partial charge in [-0.15, -0.1) is 0 Å². The number of nitrogens with one attached hydrogen (secondary N) is 1. The lowest BCUT2D eigenvalue weighted by atomic mass is 9.94. The Bertz CT molecular complexity index is 790. The molecule has 0 bridgehead atoms. The maximum Gasteiger partial charge on any atom is 0.253 e. The van der Waals surface area contributed by atoms with Crippen LogP contribution in [0.3, 0.4) is 0 Å². The first-order chi connectivity index (χ1) is 16.1. The third-order valence-electron chi connectivity index (χ3n) is 7.60. The number of carbonyl (C=O) groups is 2. The van der Waals surface area contributed by atoms with E-state index in [2.05, 4.69) is 15.1 Å². The van der Waals surface area contributed by atoms with E-state index in [0.717, 1.165) is 44.9 Å². The fourth-order valence-electron chi connectivity index (χ4n) is 5.64. The molecule has 33 heavy (non-hydrogen) atoms. The Labute approximate surface area is 203 Å². The zero-order valence-electron chi connectivity index (χ0n) is 19.8. The molecule has 0 aromatic heterocycles. The molecule has 7 heteroatoms. The van der Waals surface area contributed by atoms with Crippen molar-refractivity contribution in [3.05, 3.63) is 34.9 Å². The number of hydrogen-bond donors (Lipinski definition) is 1. The van der Waals surface area contributed by atoms with Crippen LogP contribution in [-0.4, -0.2) is 84.9 Å². The monoisotopic (exact) mass is 474 g/mol. The Morgan fingerprint density at radius 2 is 1.76 bits per heavy atom. The first kappa shape index (κ1) is 24.5. The number of carbonyl (C=O) groups excluding carboxylic acids is 2. The summed E-state index contributed by atoms with van der Waals surface area (Å²) in [5, 5.41) is 3.68. The number of nitrogens with zero attached hydrogens (tertiary/aromatic N) is 3. The number of halogens is 1. The fourth-order valence-corrected chi connectivity index (χ4v) is 5.83.